The fourth-order valence-electron chi connectivity index (χ4n) is 0.683. The number of carbonyl (C=O) groups is 1. The smallest absolute Gasteiger partial charge is 0.348 e. The molecule has 15 heavy (non-hydrogen) atoms. The standard InChI is InChI=1S/C9H18N2O4/c1-2-9(12)15-11-4-6-14-8-7-13-5-3-10/h2,11H,1,3-8,10H2. The Kier molecular flexibility index (Phi) is 10.4. The highest BCUT2D eigenvalue weighted by Gasteiger charge is 1.94. The molecule has 0 spiro atoms. The minimum atomic E-state index is -0.513. The van der Waals surface area contributed by atoms with Gasteiger partial charge in [-0.2, -0.15) is 5.48 Å². The summed E-state index contributed by atoms with van der Waals surface area (Å²) >= 11 is 0. The molecule has 0 saturated heterocycles. The molecule has 0 saturated carbocycles. The molecule has 6 heteroatoms. The van der Waals surface area contributed by atoms with E-state index in [9.17, 15) is 4.79 Å². The molecule has 0 heterocycles. The molecule has 0 bridgehead atoms. The summed E-state index contributed by atoms with van der Waals surface area (Å²) in [7, 11) is 0. The first kappa shape index (κ1) is 14.1. The summed E-state index contributed by atoms with van der Waals surface area (Å²) in [6, 6.07) is 0. The van der Waals surface area contributed by atoms with Crippen molar-refractivity contribution >= 4 is 5.97 Å². The highest BCUT2D eigenvalue weighted by atomic mass is 16.7. The number of hydrogen-bond acceptors (Lipinski definition) is 6. The first-order chi connectivity index (χ1) is 7.31. The van der Waals surface area contributed by atoms with Crippen molar-refractivity contribution in [3.63, 3.8) is 0 Å². The van der Waals surface area contributed by atoms with Gasteiger partial charge < -0.3 is 20.0 Å². The predicted octanol–water partition coefficient (Wildman–Crippen LogP) is -0.788. The van der Waals surface area contributed by atoms with Crippen LogP contribution in [0.4, 0.5) is 0 Å². The number of carbonyl (C=O) groups excluding carboxylic acids is 1. The number of rotatable bonds is 10. The number of nitrogens with one attached hydrogen (secondary N) is 1. The van der Waals surface area contributed by atoms with Crippen LogP contribution in [-0.4, -0.2) is 45.5 Å². The van der Waals surface area contributed by atoms with Gasteiger partial charge in [0.25, 0.3) is 0 Å². The molecule has 0 amide bonds. The van der Waals surface area contributed by atoms with Crippen molar-refractivity contribution in [1.82, 2.24) is 5.48 Å². The van der Waals surface area contributed by atoms with Crippen LogP contribution in [0.1, 0.15) is 0 Å². The molecule has 0 radical (unpaired) electrons. The highest BCUT2D eigenvalue weighted by molar-refractivity contribution is 5.80. The van der Waals surface area contributed by atoms with E-state index in [0.29, 0.717) is 39.5 Å². The summed E-state index contributed by atoms with van der Waals surface area (Å²) in [5.41, 5.74) is 7.65. The molecule has 6 nitrogen and oxygen atoms in total. The van der Waals surface area contributed by atoms with Crippen LogP contribution in [-0.2, 0) is 19.1 Å². The third kappa shape index (κ3) is 11.0. The topological polar surface area (TPSA) is 82.8 Å². The van der Waals surface area contributed by atoms with E-state index in [2.05, 4.69) is 16.9 Å². The van der Waals surface area contributed by atoms with Gasteiger partial charge >= 0.3 is 5.97 Å². The molecule has 88 valence electrons. The largest absolute Gasteiger partial charge is 0.378 e. The van der Waals surface area contributed by atoms with Gasteiger partial charge in [-0.25, -0.2) is 4.79 Å². The lowest BCUT2D eigenvalue weighted by Crippen LogP contribution is -2.23. The molecular weight excluding hydrogens is 200 g/mol. The first-order valence-electron chi connectivity index (χ1n) is 4.73. The van der Waals surface area contributed by atoms with Gasteiger partial charge in [-0.1, -0.05) is 6.58 Å². The number of nitrogens with two attached hydrogens (primary N) is 1. The zero-order valence-electron chi connectivity index (χ0n) is 8.74. The zero-order chi connectivity index (χ0) is 11.4. The molecule has 0 aliphatic rings. The predicted molar refractivity (Wildman–Crippen MR) is 55.0 cm³/mol. The van der Waals surface area contributed by atoms with E-state index in [1.165, 1.54) is 0 Å². The summed E-state index contributed by atoms with van der Waals surface area (Å²) in [4.78, 5) is 15.0. The van der Waals surface area contributed by atoms with Gasteiger partial charge in [-0.3, -0.25) is 0 Å². The zero-order valence-corrected chi connectivity index (χ0v) is 8.74. The lowest BCUT2D eigenvalue weighted by atomic mass is 10.6. The highest BCUT2D eigenvalue weighted by Crippen LogP contribution is 1.78. The lowest BCUT2D eigenvalue weighted by Gasteiger charge is -2.05. The van der Waals surface area contributed by atoms with Crippen LogP contribution in [0.25, 0.3) is 0 Å². The molecule has 0 aromatic carbocycles. The van der Waals surface area contributed by atoms with Crippen molar-refractivity contribution < 1.29 is 19.1 Å². The van der Waals surface area contributed by atoms with E-state index in [0.717, 1.165) is 6.08 Å². The van der Waals surface area contributed by atoms with Crippen LogP contribution in [0.5, 0.6) is 0 Å². The Bertz CT molecular complexity index is 175. The maximum Gasteiger partial charge on any atom is 0.348 e. The summed E-state index contributed by atoms with van der Waals surface area (Å²) < 4.78 is 10.2. The minimum absolute atomic E-state index is 0.427. The summed E-state index contributed by atoms with van der Waals surface area (Å²) in [5, 5.41) is 0. The van der Waals surface area contributed by atoms with Crippen molar-refractivity contribution in [2.75, 3.05) is 39.5 Å². The van der Waals surface area contributed by atoms with Gasteiger partial charge in [0.05, 0.1) is 33.0 Å². The third-order valence-corrected chi connectivity index (χ3v) is 1.32. The van der Waals surface area contributed by atoms with Crippen LogP contribution in [0.3, 0.4) is 0 Å². The van der Waals surface area contributed by atoms with Gasteiger partial charge in [0.1, 0.15) is 0 Å². The van der Waals surface area contributed by atoms with E-state index in [1.807, 2.05) is 0 Å². The van der Waals surface area contributed by atoms with Crippen molar-refractivity contribution in [3.8, 4) is 0 Å². The molecule has 0 aromatic rings. The average Bonchev–Trinajstić information content (AvgIpc) is 2.26. The van der Waals surface area contributed by atoms with Gasteiger partial charge in [-0.15, -0.1) is 0 Å². The Morgan fingerprint density at radius 2 is 1.93 bits per heavy atom. The normalized spacial score (nSPS) is 9.93. The SMILES string of the molecule is C=CC(=O)ONCCOCCOCCN. The van der Waals surface area contributed by atoms with Crippen LogP contribution in [0.15, 0.2) is 12.7 Å². The van der Waals surface area contributed by atoms with Crippen LogP contribution in [0, 0.1) is 0 Å². The summed E-state index contributed by atoms with van der Waals surface area (Å²) in [6.45, 7) is 6.18. The lowest BCUT2D eigenvalue weighted by molar-refractivity contribution is -0.145. The summed E-state index contributed by atoms with van der Waals surface area (Å²) in [5.74, 6) is -0.513. The van der Waals surface area contributed by atoms with Crippen molar-refractivity contribution in [2.24, 2.45) is 5.73 Å². The van der Waals surface area contributed by atoms with Crippen molar-refractivity contribution in [2.45, 2.75) is 0 Å². The van der Waals surface area contributed by atoms with Gasteiger partial charge in [-0.05, 0) is 0 Å². The molecular formula is C9H18N2O4. The molecule has 3 N–H and O–H groups in total. The second-order valence-electron chi connectivity index (χ2n) is 2.53. The average molecular weight is 218 g/mol. The molecule has 0 atom stereocenters. The number of hydroxylamine groups is 1. The Balaban J connectivity index is 2.98. The Hall–Kier alpha value is -0.950. The maximum absolute atomic E-state index is 10.5. The van der Waals surface area contributed by atoms with Crippen molar-refractivity contribution in [1.29, 1.82) is 0 Å². The van der Waals surface area contributed by atoms with Gasteiger partial charge in [0, 0.05) is 12.6 Å². The quantitative estimate of drug-likeness (QED) is 0.284. The van der Waals surface area contributed by atoms with Crippen LogP contribution < -0.4 is 11.2 Å². The van der Waals surface area contributed by atoms with Crippen LogP contribution in [0.2, 0.25) is 0 Å². The minimum Gasteiger partial charge on any atom is -0.378 e. The Labute approximate surface area is 89.3 Å². The van der Waals surface area contributed by atoms with E-state index in [-0.39, 0.29) is 0 Å². The first-order valence-corrected chi connectivity index (χ1v) is 4.73. The van der Waals surface area contributed by atoms with E-state index >= 15 is 0 Å². The van der Waals surface area contributed by atoms with Gasteiger partial charge in [0.2, 0.25) is 0 Å². The monoisotopic (exact) mass is 218 g/mol. The van der Waals surface area contributed by atoms with E-state index in [1.54, 1.807) is 0 Å². The molecule has 0 aromatic heterocycles. The Morgan fingerprint density at radius 3 is 2.53 bits per heavy atom. The molecule has 0 aliphatic heterocycles. The number of hydrogen-bond donors (Lipinski definition) is 2. The summed E-state index contributed by atoms with van der Waals surface area (Å²) in [6.07, 6.45) is 1.08. The van der Waals surface area contributed by atoms with Gasteiger partial charge in [0.15, 0.2) is 0 Å². The molecule has 0 rings (SSSR count). The second kappa shape index (κ2) is 11.1. The van der Waals surface area contributed by atoms with Crippen molar-refractivity contribution in [3.05, 3.63) is 12.7 Å². The Morgan fingerprint density at radius 1 is 1.27 bits per heavy atom. The fraction of sp³-hybridized carbons (Fsp3) is 0.667. The number of ether oxygens (including phenoxy) is 2. The molecule has 0 aliphatic carbocycles. The van der Waals surface area contributed by atoms with E-state index in [4.69, 9.17) is 15.2 Å². The second-order valence-corrected chi connectivity index (χ2v) is 2.53. The van der Waals surface area contributed by atoms with E-state index < -0.39 is 5.97 Å². The third-order valence-electron chi connectivity index (χ3n) is 1.32. The maximum atomic E-state index is 10.5. The molecule has 0 unspecified atom stereocenters. The fourth-order valence-corrected chi connectivity index (χ4v) is 0.683. The van der Waals surface area contributed by atoms with Crippen LogP contribution >= 0.6 is 0 Å². The molecule has 0 fully saturated rings.